The number of ether oxygens (including phenoxy) is 3. The van der Waals surface area contributed by atoms with E-state index in [0.717, 1.165) is 11.8 Å². The highest BCUT2D eigenvalue weighted by molar-refractivity contribution is 8.00. The predicted octanol–water partition coefficient (Wildman–Crippen LogP) is 4.31. The molecule has 1 aromatic heterocycles. The molecule has 0 radical (unpaired) electrons. The van der Waals surface area contributed by atoms with E-state index in [1.165, 1.54) is 0 Å². The van der Waals surface area contributed by atoms with E-state index in [-0.39, 0.29) is 0 Å². The van der Waals surface area contributed by atoms with Crippen LogP contribution in [0, 0.1) is 4.91 Å². The van der Waals surface area contributed by atoms with Crippen molar-refractivity contribution in [3.63, 3.8) is 0 Å². The van der Waals surface area contributed by atoms with Crippen LogP contribution in [0.4, 0.5) is 0 Å². The van der Waals surface area contributed by atoms with Crippen LogP contribution >= 0.6 is 11.8 Å². The molecule has 31 heavy (non-hydrogen) atoms. The second-order valence-corrected chi connectivity index (χ2v) is 7.54. The van der Waals surface area contributed by atoms with Crippen LogP contribution in [-0.4, -0.2) is 47.3 Å². The molecular weight excluding hydrogens is 420 g/mol. The zero-order valence-electron chi connectivity index (χ0n) is 18.2. The van der Waals surface area contributed by atoms with E-state index in [0.29, 0.717) is 46.8 Å². The SMILES string of the molecule is C/C=C/C/C=C(\OC)c1nnc(SC(C)C(=O)N=O)n1C1=C(OC)C=CCC=C1OC. The van der Waals surface area contributed by atoms with Gasteiger partial charge < -0.3 is 14.2 Å². The van der Waals surface area contributed by atoms with Crippen LogP contribution in [0.1, 0.15) is 32.5 Å². The fraction of sp³-hybridized carbons (Fsp3) is 0.381. The van der Waals surface area contributed by atoms with Gasteiger partial charge in [0.2, 0.25) is 5.82 Å². The van der Waals surface area contributed by atoms with Crippen molar-refractivity contribution in [3.05, 3.63) is 58.7 Å². The molecule has 0 N–H and O–H groups in total. The molecule has 1 amide bonds. The third kappa shape index (κ3) is 5.72. The van der Waals surface area contributed by atoms with Crippen LogP contribution < -0.4 is 0 Å². The van der Waals surface area contributed by atoms with E-state index < -0.39 is 11.2 Å². The predicted molar refractivity (Wildman–Crippen MR) is 120 cm³/mol. The molecule has 0 aromatic carbocycles. The number of amides is 1. The summed E-state index contributed by atoms with van der Waals surface area (Å²) in [5.74, 6) is 1.15. The first-order valence-corrected chi connectivity index (χ1v) is 10.4. The minimum absolute atomic E-state index is 0.358. The van der Waals surface area contributed by atoms with E-state index in [1.807, 2.05) is 43.4 Å². The Morgan fingerprint density at radius 1 is 1.32 bits per heavy atom. The molecule has 1 aromatic rings. The smallest absolute Gasteiger partial charge is 0.299 e. The van der Waals surface area contributed by atoms with Crippen LogP contribution in [0.3, 0.4) is 0 Å². The average molecular weight is 447 g/mol. The van der Waals surface area contributed by atoms with Gasteiger partial charge >= 0.3 is 0 Å². The summed E-state index contributed by atoms with van der Waals surface area (Å²) < 4.78 is 18.5. The summed E-state index contributed by atoms with van der Waals surface area (Å²) in [7, 11) is 4.65. The van der Waals surface area contributed by atoms with Crippen molar-refractivity contribution in [1.82, 2.24) is 14.8 Å². The number of allylic oxidation sites excluding steroid dienone is 7. The van der Waals surface area contributed by atoms with Crippen LogP contribution in [0.25, 0.3) is 11.5 Å². The van der Waals surface area contributed by atoms with Crippen molar-refractivity contribution in [2.24, 2.45) is 5.18 Å². The molecule has 0 aliphatic heterocycles. The molecule has 0 saturated heterocycles. The maximum Gasteiger partial charge on any atom is 0.299 e. The van der Waals surface area contributed by atoms with Crippen LogP contribution in [0.15, 0.2) is 58.3 Å². The first-order valence-electron chi connectivity index (χ1n) is 9.56. The van der Waals surface area contributed by atoms with Crippen molar-refractivity contribution in [2.45, 2.75) is 37.1 Å². The van der Waals surface area contributed by atoms with E-state index in [2.05, 4.69) is 15.4 Å². The highest BCUT2D eigenvalue weighted by Gasteiger charge is 2.28. The van der Waals surface area contributed by atoms with Crippen molar-refractivity contribution in [1.29, 1.82) is 0 Å². The highest BCUT2D eigenvalue weighted by atomic mass is 32.2. The molecule has 0 spiro atoms. The Balaban J connectivity index is 2.75. The maximum atomic E-state index is 11.8. The number of thioether (sulfide) groups is 1. The van der Waals surface area contributed by atoms with Crippen LogP contribution in [0.5, 0.6) is 0 Å². The summed E-state index contributed by atoms with van der Waals surface area (Å²) in [4.78, 5) is 22.5. The number of carbonyl (C=O) groups excluding carboxylic acids is 1. The molecule has 1 unspecified atom stereocenters. The van der Waals surface area contributed by atoms with Gasteiger partial charge in [0.1, 0.15) is 17.2 Å². The first kappa shape index (κ1) is 24.1. The molecule has 1 aliphatic rings. The van der Waals surface area contributed by atoms with E-state index in [9.17, 15) is 9.70 Å². The maximum absolute atomic E-state index is 11.8. The molecule has 10 heteroatoms. The monoisotopic (exact) mass is 446 g/mol. The summed E-state index contributed by atoms with van der Waals surface area (Å²) in [6.07, 6.45) is 12.7. The molecule has 9 nitrogen and oxygen atoms in total. The number of hydrogen-bond donors (Lipinski definition) is 0. The number of methoxy groups -OCH3 is 3. The van der Waals surface area contributed by atoms with Crippen molar-refractivity contribution >= 4 is 29.1 Å². The third-order valence-corrected chi connectivity index (χ3v) is 5.34. The fourth-order valence-electron chi connectivity index (χ4n) is 2.78. The highest BCUT2D eigenvalue weighted by Crippen LogP contribution is 2.35. The van der Waals surface area contributed by atoms with Crippen molar-refractivity contribution in [2.75, 3.05) is 21.3 Å². The standard InChI is InChI=1S/C21H26N4O5S/c1-6-7-8-13-17(30-5)19-22-23-21(31-14(2)20(26)24-27)25(19)18-15(28-3)11-9-10-12-16(18)29-4/h6-7,9,11-14H,8,10H2,1-5H3/b7-6+,17-13-. The topological polar surface area (TPSA) is 105 Å². The van der Waals surface area contributed by atoms with Crippen LogP contribution in [0.2, 0.25) is 0 Å². The third-order valence-electron chi connectivity index (χ3n) is 4.31. The van der Waals surface area contributed by atoms with E-state index >= 15 is 0 Å². The van der Waals surface area contributed by atoms with Gasteiger partial charge in [-0.25, -0.2) is 0 Å². The average Bonchev–Trinajstić information content (AvgIpc) is 3.06. The van der Waals surface area contributed by atoms with Gasteiger partial charge in [0.05, 0.1) is 26.6 Å². The minimum atomic E-state index is -0.791. The summed E-state index contributed by atoms with van der Waals surface area (Å²) in [6.45, 7) is 3.51. The lowest BCUT2D eigenvalue weighted by molar-refractivity contribution is -0.117. The zero-order valence-corrected chi connectivity index (χ0v) is 19.0. The van der Waals surface area contributed by atoms with Gasteiger partial charge in [-0.2, -0.15) is 0 Å². The molecule has 2 rings (SSSR count). The number of rotatable bonds is 10. The molecular formula is C21H26N4O5S. The van der Waals surface area contributed by atoms with Gasteiger partial charge in [-0.05, 0) is 44.9 Å². The summed E-state index contributed by atoms with van der Waals surface area (Å²) in [5.41, 5.74) is 0.550. The first-order chi connectivity index (χ1) is 15.0. The quantitative estimate of drug-likeness (QED) is 0.227. The van der Waals surface area contributed by atoms with Gasteiger partial charge in [-0.3, -0.25) is 9.36 Å². The molecule has 1 aliphatic carbocycles. The summed E-state index contributed by atoms with van der Waals surface area (Å²) in [6, 6.07) is 0. The number of carbonyl (C=O) groups is 1. The van der Waals surface area contributed by atoms with Crippen molar-refractivity contribution in [3.8, 4) is 0 Å². The molecule has 166 valence electrons. The molecule has 0 bridgehead atoms. The number of nitrogens with zero attached hydrogens (tertiary/aromatic N) is 4. The molecule has 0 fully saturated rings. The van der Waals surface area contributed by atoms with Gasteiger partial charge in [0.25, 0.3) is 5.91 Å². The normalized spacial score (nSPS) is 15.5. The number of nitroso groups, excluding NO2 is 1. The second kappa shape index (κ2) is 11.9. The number of hydrogen-bond acceptors (Lipinski definition) is 8. The largest absolute Gasteiger partial charge is 0.495 e. The Morgan fingerprint density at radius 3 is 2.71 bits per heavy atom. The lowest BCUT2D eigenvalue weighted by Gasteiger charge is -2.19. The molecule has 1 heterocycles. The fourth-order valence-corrected chi connectivity index (χ4v) is 3.61. The van der Waals surface area contributed by atoms with Gasteiger partial charge in [0, 0.05) is 5.18 Å². The van der Waals surface area contributed by atoms with Crippen molar-refractivity contribution < 1.29 is 19.0 Å². The zero-order chi connectivity index (χ0) is 22.8. The van der Waals surface area contributed by atoms with Crippen LogP contribution in [-0.2, 0) is 19.0 Å². The van der Waals surface area contributed by atoms with Gasteiger partial charge in [-0.15, -0.1) is 15.1 Å². The molecule has 0 saturated carbocycles. The lowest BCUT2D eigenvalue weighted by Crippen LogP contribution is -2.14. The lowest BCUT2D eigenvalue weighted by atomic mass is 10.2. The molecule has 1 atom stereocenters. The Bertz CT molecular complexity index is 959. The Kier molecular flexibility index (Phi) is 9.26. The summed E-state index contributed by atoms with van der Waals surface area (Å²) in [5, 5.41) is 10.7. The Labute approximate surface area is 185 Å². The van der Waals surface area contributed by atoms with Gasteiger partial charge in [0.15, 0.2) is 10.9 Å². The Morgan fingerprint density at radius 2 is 2.10 bits per heavy atom. The minimum Gasteiger partial charge on any atom is -0.495 e. The van der Waals surface area contributed by atoms with E-state index in [1.54, 1.807) is 32.8 Å². The van der Waals surface area contributed by atoms with Gasteiger partial charge in [-0.1, -0.05) is 30.0 Å². The summed E-state index contributed by atoms with van der Waals surface area (Å²) >= 11 is 1.06. The Hall–Kier alpha value is -3.14. The second-order valence-electron chi connectivity index (χ2n) is 6.24. The van der Waals surface area contributed by atoms with E-state index in [4.69, 9.17) is 14.2 Å². The number of aromatic nitrogens is 3.